The van der Waals surface area contributed by atoms with Crippen LogP contribution < -0.4 is 10.5 Å². The number of nitrogens with two attached hydrogens (primary N) is 1. The molecule has 1 heterocycles. The first kappa shape index (κ1) is 13.9. The predicted octanol–water partition coefficient (Wildman–Crippen LogP) is 3.27. The number of rotatable bonds is 5. The molecule has 0 aliphatic heterocycles. The van der Waals surface area contributed by atoms with Gasteiger partial charge < -0.3 is 10.5 Å². The highest BCUT2D eigenvalue weighted by Gasteiger charge is 2.17. The Labute approximate surface area is 118 Å². The van der Waals surface area contributed by atoms with Crippen LogP contribution >= 0.6 is 11.8 Å². The monoisotopic (exact) mass is 274 g/mol. The quantitative estimate of drug-likeness (QED) is 0.850. The second-order valence-electron chi connectivity index (χ2n) is 4.35. The van der Waals surface area contributed by atoms with Gasteiger partial charge in [-0.15, -0.1) is 11.8 Å². The highest BCUT2D eigenvalue weighted by molar-refractivity contribution is 7.98. The molecular formula is C15H18N2OS. The fourth-order valence-corrected chi connectivity index (χ4v) is 2.24. The van der Waals surface area contributed by atoms with Crippen molar-refractivity contribution in [1.82, 2.24) is 4.98 Å². The smallest absolute Gasteiger partial charge is 0.139 e. The van der Waals surface area contributed by atoms with Gasteiger partial charge in [0.25, 0.3) is 0 Å². The van der Waals surface area contributed by atoms with E-state index in [1.807, 2.05) is 43.3 Å². The molecule has 2 aromatic rings. The lowest BCUT2D eigenvalue weighted by molar-refractivity contribution is 0.180. The number of ether oxygens (including phenoxy) is 1. The van der Waals surface area contributed by atoms with Gasteiger partial charge in [0.15, 0.2) is 0 Å². The third kappa shape index (κ3) is 3.72. The summed E-state index contributed by atoms with van der Waals surface area (Å²) in [4.78, 5) is 5.23. The van der Waals surface area contributed by atoms with Gasteiger partial charge in [0.2, 0.25) is 0 Å². The Hall–Kier alpha value is -1.52. The van der Waals surface area contributed by atoms with Crippen molar-refractivity contribution >= 4 is 11.8 Å². The van der Waals surface area contributed by atoms with Crippen molar-refractivity contribution in [2.75, 3.05) is 6.26 Å². The minimum absolute atomic E-state index is 0.0948. The van der Waals surface area contributed by atoms with E-state index >= 15 is 0 Å². The standard InChI is InChI=1S/C15H18N2OS/c1-11(16)15(12-7-9-17-10-8-12)18-13-3-5-14(19-2)6-4-13/h3-11,15H,16H2,1-2H3. The molecule has 0 aliphatic rings. The maximum atomic E-state index is 6.02. The molecule has 0 saturated carbocycles. The molecular weight excluding hydrogens is 256 g/mol. The van der Waals surface area contributed by atoms with Crippen molar-refractivity contribution < 1.29 is 4.74 Å². The minimum Gasteiger partial charge on any atom is -0.484 e. The average molecular weight is 274 g/mol. The lowest BCUT2D eigenvalue weighted by Gasteiger charge is -2.22. The van der Waals surface area contributed by atoms with Crippen LogP contribution in [0.1, 0.15) is 18.6 Å². The van der Waals surface area contributed by atoms with Gasteiger partial charge in [0.05, 0.1) is 0 Å². The van der Waals surface area contributed by atoms with E-state index in [-0.39, 0.29) is 12.1 Å². The van der Waals surface area contributed by atoms with Crippen LogP contribution in [-0.2, 0) is 0 Å². The number of pyridine rings is 1. The molecule has 1 aromatic heterocycles. The Kier molecular flexibility index (Phi) is 4.82. The van der Waals surface area contributed by atoms with Gasteiger partial charge in [-0.1, -0.05) is 0 Å². The first-order valence-corrected chi connectivity index (χ1v) is 7.39. The predicted molar refractivity (Wildman–Crippen MR) is 79.5 cm³/mol. The summed E-state index contributed by atoms with van der Waals surface area (Å²) in [5.74, 6) is 0.830. The zero-order valence-electron chi connectivity index (χ0n) is 11.1. The van der Waals surface area contributed by atoms with Crippen LogP contribution in [0.2, 0.25) is 0 Å². The summed E-state index contributed by atoms with van der Waals surface area (Å²) in [6, 6.07) is 11.8. The second kappa shape index (κ2) is 6.59. The molecule has 3 nitrogen and oxygen atoms in total. The van der Waals surface area contributed by atoms with E-state index in [9.17, 15) is 0 Å². The molecule has 2 N–H and O–H groups in total. The topological polar surface area (TPSA) is 48.1 Å². The van der Waals surface area contributed by atoms with Gasteiger partial charge in [0, 0.05) is 23.3 Å². The molecule has 0 amide bonds. The Bertz CT molecular complexity index is 499. The normalized spacial score (nSPS) is 13.8. The lowest BCUT2D eigenvalue weighted by Crippen LogP contribution is -2.29. The van der Waals surface area contributed by atoms with Crippen LogP contribution in [0.25, 0.3) is 0 Å². The Balaban J connectivity index is 2.17. The molecule has 100 valence electrons. The molecule has 1 aromatic carbocycles. The molecule has 19 heavy (non-hydrogen) atoms. The summed E-state index contributed by atoms with van der Waals surface area (Å²) in [5, 5.41) is 0. The lowest BCUT2D eigenvalue weighted by atomic mass is 10.1. The SMILES string of the molecule is CSc1ccc(OC(c2ccncc2)C(C)N)cc1. The molecule has 2 rings (SSSR count). The fraction of sp³-hybridized carbons (Fsp3) is 0.267. The largest absolute Gasteiger partial charge is 0.484 e. The van der Waals surface area contributed by atoms with Gasteiger partial charge in [-0.25, -0.2) is 0 Å². The zero-order valence-corrected chi connectivity index (χ0v) is 11.9. The molecule has 0 spiro atoms. The number of benzene rings is 1. The average Bonchev–Trinajstić information content (AvgIpc) is 2.46. The first-order chi connectivity index (χ1) is 9.20. The summed E-state index contributed by atoms with van der Waals surface area (Å²) >= 11 is 1.71. The number of thioether (sulfide) groups is 1. The van der Waals surface area contributed by atoms with Crippen LogP contribution in [0.3, 0.4) is 0 Å². The maximum Gasteiger partial charge on any atom is 0.139 e. The van der Waals surface area contributed by atoms with Crippen LogP contribution in [0.4, 0.5) is 0 Å². The number of nitrogens with zero attached hydrogens (tertiary/aromatic N) is 1. The van der Waals surface area contributed by atoms with E-state index in [1.54, 1.807) is 24.2 Å². The summed E-state index contributed by atoms with van der Waals surface area (Å²) in [6.45, 7) is 1.95. The summed E-state index contributed by atoms with van der Waals surface area (Å²) in [7, 11) is 0. The molecule has 0 saturated heterocycles. The second-order valence-corrected chi connectivity index (χ2v) is 5.23. The zero-order chi connectivity index (χ0) is 13.7. The first-order valence-electron chi connectivity index (χ1n) is 6.17. The van der Waals surface area contributed by atoms with Crippen molar-refractivity contribution in [2.24, 2.45) is 5.73 Å². The summed E-state index contributed by atoms with van der Waals surface area (Å²) in [5.41, 5.74) is 7.06. The minimum atomic E-state index is -0.164. The third-order valence-electron chi connectivity index (χ3n) is 2.83. The molecule has 2 unspecified atom stereocenters. The van der Waals surface area contributed by atoms with Crippen LogP contribution in [-0.4, -0.2) is 17.3 Å². The van der Waals surface area contributed by atoms with Gasteiger partial charge in [-0.3, -0.25) is 4.98 Å². The van der Waals surface area contributed by atoms with Gasteiger partial charge in [-0.05, 0) is 55.1 Å². The van der Waals surface area contributed by atoms with Crippen molar-refractivity contribution in [3.63, 3.8) is 0 Å². The highest BCUT2D eigenvalue weighted by atomic mass is 32.2. The van der Waals surface area contributed by atoms with Crippen LogP contribution in [0, 0.1) is 0 Å². The van der Waals surface area contributed by atoms with Gasteiger partial charge >= 0.3 is 0 Å². The maximum absolute atomic E-state index is 6.02. The van der Waals surface area contributed by atoms with Crippen molar-refractivity contribution in [3.05, 3.63) is 54.4 Å². The Morgan fingerprint density at radius 1 is 1.11 bits per heavy atom. The summed E-state index contributed by atoms with van der Waals surface area (Å²) < 4.78 is 6.00. The van der Waals surface area contributed by atoms with Crippen molar-refractivity contribution in [3.8, 4) is 5.75 Å². The van der Waals surface area contributed by atoms with Crippen molar-refractivity contribution in [2.45, 2.75) is 24.0 Å². The number of hydrogen-bond acceptors (Lipinski definition) is 4. The Morgan fingerprint density at radius 3 is 2.26 bits per heavy atom. The van der Waals surface area contributed by atoms with Gasteiger partial charge in [-0.2, -0.15) is 0 Å². The molecule has 4 heteroatoms. The molecule has 0 bridgehead atoms. The molecule has 0 aliphatic carbocycles. The van der Waals surface area contributed by atoms with E-state index < -0.39 is 0 Å². The third-order valence-corrected chi connectivity index (χ3v) is 3.58. The molecule has 2 atom stereocenters. The van der Waals surface area contributed by atoms with Crippen LogP contribution in [0.5, 0.6) is 5.75 Å². The van der Waals surface area contributed by atoms with E-state index in [0.29, 0.717) is 0 Å². The fourth-order valence-electron chi connectivity index (χ4n) is 1.83. The van der Waals surface area contributed by atoms with E-state index in [4.69, 9.17) is 10.5 Å². The van der Waals surface area contributed by atoms with E-state index in [1.165, 1.54) is 4.90 Å². The van der Waals surface area contributed by atoms with E-state index in [2.05, 4.69) is 11.2 Å². The number of aromatic nitrogens is 1. The number of hydrogen-bond donors (Lipinski definition) is 1. The molecule has 0 fully saturated rings. The summed E-state index contributed by atoms with van der Waals surface area (Å²) in [6.07, 6.45) is 5.40. The Morgan fingerprint density at radius 2 is 1.74 bits per heavy atom. The highest BCUT2D eigenvalue weighted by Crippen LogP contribution is 2.25. The van der Waals surface area contributed by atoms with Gasteiger partial charge in [0.1, 0.15) is 11.9 Å². The van der Waals surface area contributed by atoms with E-state index in [0.717, 1.165) is 11.3 Å². The van der Waals surface area contributed by atoms with Crippen LogP contribution in [0.15, 0.2) is 53.7 Å². The van der Waals surface area contributed by atoms with Crippen molar-refractivity contribution in [1.29, 1.82) is 0 Å². The molecule has 0 radical (unpaired) electrons.